The first-order valence-corrected chi connectivity index (χ1v) is 4.92. The average Bonchev–Trinajstić information content (AvgIpc) is 2.38. The van der Waals surface area contributed by atoms with Gasteiger partial charge in [0.1, 0.15) is 17.6 Å². The zero-order valence-electron chi connectivity index (χ0n) is 10.0. The van der Waals surface area contributed by atoms with Gasteiger partial charge in [0, 0.05) is 18.2 Å². The van der Waals surface area contributed by atoms with E-state index in [0.717, 1.165) is 0 Å². The second kappa shape index (κ2) is 6.10. The smallest absolute Gasteiger partial charge is 0.201 e. The summed E-state index contributed by atoms with van der Waals surface area (Å²) in [6.45, 7) is 0. The number of hydrazone groups is 1. The number of rotatable bonds is 5. The molecule has 1 rings (SSSR count). The molecule has 4 N–H and O–H groups in total. The Hall–Kier alpha value is -2.75. The quantitative estimate of drug-likeness (QED) is 0.406. The molecule has 0 saturated carbocycles. The van der Waals surface area contributed by atoms with Crippen LogP contribution in [0.3, 0.4) is 0 Å². The summed E-state index contributed by atoms with van der Waals surface area (Å²) in [6, 6.07) is 6.74. The third-order valence-corrected chi connectivity index (χ3v) is 2.01. The van der Waals surface area contributed by atoms with Gasteiger partial charge in [-0.1, -0.05) is 0 Å². The lowest BCUT2D eigenvalue weighted by Gasteiger charge is -2.07. The molecule has 0 radical (unpaired) electrons. The molecule has 0 spiro atoms. The predicted molar refractivity (Wildman–Crippen MR) is 68.1 cm³/mol. The number of nitrogens with one attached hydrogen (secondary N) is 2. The molecule has 0 heterocycles. The van der Waals surface area contributed by atoms with Crippen LogP contribution in [0.15, 0.2) is 23.3 Å². The normalized spacial score (nSPS) is 10.4. The second-order valence-electron chi connectivity index (χ2n) is 3.20. The number of benzene rings is 1. The Morgan fingerprint density at radius 2 is 1.89 bits per heavy atom. The van der Waals surface area contributed by atoms with E-state index in [2.05, 4.69) is 10.5 Å². The number of nitrogens with two attached hydrogens (primary N) is 1. The lowest BCUT2D eigenvalue weighted by atomic mass is 10.3. The van der Waals surface area contributed by atoms with Gasteiger partial charge in [-0.25, -0.2) is 0 Å². The van der Waals surface area contributed by atoms with Crippen molar-refractivity contribution in [3.63, 3.8) is 0 Å². The summed E-state index contributed by atoms with van der Waals surface area (Å²) < 4.78 is 10.2. The number of amidine groups is 1. The average molecular weight is 247 g/mol. The van der Waals surface area contributed by atoms with E-state index < -0.39 is 5.84 Å². The lowest BCUT2D eigenvalue weighted by Crippen LogP contribution is -2.21. The molecule has 94 valence electrons. The Bertz CT molecular complexity index is 496. The standard InChI is InChI=1S/C11H13N5O2/c1-17-8-3-7(4-9(5-8)18-2)15-16-10(6-12)11(13)14/h3-5,15H,1-2H3,(H3,13,14)/b16-10+. The molecular formula is C11H13N5O2. The van der Waals surface area contributed by atoms with Gasteiger partial charge in [0.05, 0.1) is 19.9 Å². The number of hydrogen-bond donors (Lipinski definition) is 3. The molecule has 0 amide bonds. The number of hydrogen-bond acceptors (Lipinski definition) is 6. The van der Waals surface area contributed by atoms with Crippen molar-refractivity contribution in [2.24, 2.45) is 10.8 Å². The number of nitrogens with zero attached hydrogens (tertiary/aromatic N) is 2. The van der Waals surface area contributed by atoms with E-state index in [1.165, 1.54) is 14.2 Å². The molecule has 0 atom stereocenters. The highest BCUT2D eigenvalue weighted by Gasteiger charge is 2.03. The molecule has 1 aromatic rings. The number of ether oxygens (including phenoxy) is 2. The van der Waals surface area contributed by atoms with E-state index in [9.17, 15) is 0 Å². The first-order chi connectivity index (χ1) is 8.60. The zero-order valence-corrected chi connectivity index (χ0v) is 10.0. The maximum Gasteiger partial charge on any atom is 0.201 e. The van der Waals surface area contributed by atoms with E-state index in [0.29, 0.717) is 17.2 Å². The topological polar surface area (TPSA) is 117 Å². The van der Waals surface area contributed by atoms with Crippen molar-refractivity contribution in [3.8, 4) is 17.6 Å². The van der Waals surface area contributed by atoms with Gasteiger partial charge in [-0.05, 0) is 0 Å². The Kier molecular flexibility index (Phi) is 4.51. The third kappa shape index (κ3) is 3.38. The van der Waals surface area contributed by atoms with Crippen LogP contribution in [-0.2, 0) is 0 Å². The van der Waals surface area contributed by atoms with Gasteiger partial charge in [0.2, 0.25) is 5.71 Å². The zero-order chi connectivity index (χ0) is 13.5. The van der Waals surface area contributed by atoms with E-state index in [4.69, 9.17) is 25.9 Å². The summed E-state index contributed by atoms with van der Waals surface area (Å²) >= 11 is 0. The van der Waals surface area contributed by atoms with E-state index >= 15 is 0 Å². The second-order valence-corrected chi connectivity index (χ2v) is 3.20. The summed E-state index contributed by atoms with van der Waals surface area (Å²) in [5, 5.41) is 19.5. The molecule has 1 aromatic carbocycles. The van der Waals surface area contributed by atoms with Crippen molar-refractivity contribution >= 4 is 17.2 Å². The SMILES string of the molecule is COc1cc(N/N=C(\C#N)C(=N)N)cc(OC)c1. The Balaban J connectivity index is 2.97. The van der Waals surface area contributed by atoms with Crippen molar-refractivity contribution < 1.29 is 9.47 Å². The molecule has 0 fully saturated rings. The molecule has 18 heavy (non-hydrogen) atoms. The Labute approximate surface area is 104 Å². The van der Waals surface area contributed by atoms with Crippen molar-refractivity contribution in [1.82, 2.24) is 0 Å². The highest BCUT2D eigenvalue weighted by molar-refractivity contribution is 6.45. The fraction of sp³-hybridized carbons (Fsp3) is 0.182. The predicted octanol–water partition coefficient (Wildman–Crippen LogP) is 0.931. The lowest BCUT2D eigenvalue weighted by molar-refractivity contribution is 0.394. The minimum absolute atomic E-state index is 0.197. The fourth-order valence-electron chi connectivity index (χ4n) is 1.14. The van der Waals surface area contributed by atoms with Gasteiger partial charge in [0.25, 0.3) is 0 Å². The Morgan fingerprint density at radius 3 is 2.28 bits per heavy atom. The minimum Gasteiger partial charge on any atom is -0.497 e. The monoisotopic (exact) mass is 247 g/mol. The summed E-state index contributed by atoms with van der Waals surface area (Å²) in [4.78, 5) is 0. The molecule has 0 unspecified atom stereocenters. The van der Waals surface area contributed by atoms with Crippen molar-refractivity contribution in [2.45, 2.75) is 0 Å². The molecule has 7 nitrogen and oxygen atoms in total. The van der Waals surface area contributed by atoms with Crippen molar-refractivity contribution in [3.05, 3.63) is 18.2 Å². The van der Waals surface area contributed by atoms with Crippen LogP contribution in [0.25, 0.3) is 0 Å². The van der Waals surface area contributed by atoms with Gasteiger partial charge in [0.15, 0.2) is 5.84 Å². The summed E-state index contributed by atoms with van der Waals surface area (Å²) in [5.74, 6) is 0.752. The molecule has 0 aromatic heterocycles. The van der Waals surface area contributed by atoms with Crippen LogP contribution in [0.2, 0.25) is 0 Å². The van der Waals surface area contributed by atoms with Gasteiger partial charge >= 0.3 is 0 Å². The summed E-state index contributed by atoms with van der Waals surface area (Å²) in [5.41, 5.74) is 8.13. The molecule has 0 aliphatic carbocycles. The van der Waals surface area contributed by atoms with Crippen LogP contribution >= 0.6 is 0 Å². The van der Waals surface area contributed by atoms with Crippen LogP contribution < -0.4 is 20.6 Å². The van der Waals surface area contributed by atoms with Crippen molar-refractivity contribution in [1.29, 1.82) is 10.7 Å². The van der Waals surface area contributed by atoms with E-state index in [-0.39, 0.29) is 5.71 Å². The summed E-state index contributed by atoms with van der Waals surface area (Å²) in [7, 11) is 3.05. The molecule has 0 aliphatic heterocycles. The Morgan fingerprint density at radius 1 is 1.33 bits per heavy atom. The first kappa shape index (κ1) is 13.3. The summed E-state index contributed by atoms with van der Waals surface area (Å²) in [6.07, 6.45) is 0. The molecule has 0 aliphatic rings. The van der Waals surface area contributed by atoms with Gasteiger partial charge in [-0.2, -0.15) is 10.4 Å². The maximum atomic E-state index is 8.68. The van der Waals surface area contributed by atoms with Crippen LogP contribution in [0, 0.1) is 16.7 Å². The molecule has 0 saturated heterocycles. The van der Waals surface area contributed by atoms with Gasteiger partial charge in [-0.15, -0.1) is 0 Å². The van der Waals surface area contributed by atoms with Crippen molar-refractivity contribution in [2.75, 3.05) is 19.6 Å². The number of methoxy groups -OCH3 is 2. The number of anilines is 1. The highest BCUT2D eigenvalue weighted by Crippen LogP contribution is 2.25. The highest BCUT2D eigenvalue weighted by atomic mass is 16.5. The number of nitriles is 1. The van der Waals surface area contributed by atoms with Crippen LogP contribution in [0.1, 0.15) is 0 Å². The third-order valence-electron chi connectivity index (χ3n) is 2.01. The maximum absolute atomic E-state index is 8.68. The molecule has 0 bridgehead atoms. The minimum atomic E-state index is -0.403. The van der Waals surface area contributed by atoms with Crippen LogP contribution in [0.5, 0.6) is 11.5 Å². The largest absolute Gasteiger partial charge is 0.497 e. The fourth-order valence-corrected chi connectivity index (χ4v) is 1.14. The van der Waals surface area contributed by atoms with Gasteiger partial charge < -0.3 is 15.2 Å². The van der Waals surface area contributed by atoms with Crippen LogP contribution in [-0.4, -0.2) is 25.8 Å². The van der Waals surface area contributed by atoms with E-state index in [1.54, 1.807) is 24.3 Å². The van der Waals surface area contributed by atoms with E-state index in [1.807, 2.05) is 0 Å². The van der Waals surface area contributed by atoms with Gasteiger partial charge in [-0.3, -0.25) is 10.8 Å². The molecule has 7 heteroatoms. The first-order valence-electron chi connectivity index (χ1n) is 4.92. The van der Waals surface area contributed by atoms with Crippen LogP contribution in [0.4, 0.5) is 5.69 Å². The molecular weight excluding hydrogens is 234 g/mol.